The number of hydrogen-bond donors (Lipinski definition) is 1. The van der Waals surface area contributed by atoms with Crippen molar-refractivity contribution in [3.8, 4) is 11.4 Å². The van der Waals surface area contributed by atoms with Gasteiger partial charge in [-0.3, -0.25) is 4.79 Å². The summed E-state index contributed by atoms with van der Waals surface area (Å²) in [5, 5.41) is 0. The minimum Gasteiger partial charge on any atom is -0.336 e. The van der Waals surface area contributed by atoms with E-state index < -0.39 is 0 Å². The SMILES string of the molecule is O=Cc1cnc(-c2ccccc2I)[nH]1. The van der Waals surface area contributed by atoms with Crippen molar-refractivity contribution in [2.45, 2.75) is 0 Å². The third kappa shape index (κ3) is 1.70. The smallest absolute Gasteiger partial charge is 0.167 e. The zero-order valence-corrected chi connectivity index (χ0v) is 9.36. The maximum absolute atomic E-state index is 10.5. The molecule has 0 radical (unpaired) electrons. The lowest BCUT2D eigenvalue weighted by molar-refractivity contribution is 0.111. The van der Waals surface area contributed by atoms with E-state index in [0.29, 0.717) is 5.69 Å². The lowest BCUT2D eigenvalue weighted by Crippen LogP contribution is -1.85. The average molecular weight is 298 g/mol. The van der Waals surface area contributed by atoms with Gasteiger partial charge in [-0.2, -0.15) is 0 Å². The van der Waals surface area contributed by atoms with Crippen LogP contribution in [0.4, 0.5) is 0 Å². The first-order chi connectivity index (χ1) is 6.81. The summed E-state index contributed by atoms with van der Waals surface area (Å²) in [4.78, 5) is 17.5. The van der Waals surface area contributed by atoms with Gasteiger partial charge < -0.3 is 4.98 Å². The third-order valence-electron chi connectivity index (χ3n) is 1.85. The maximum atomic E-state index is 10.5. The molecule has 1 aromatic carbocycles. The van der Waals surface area contributed by atoms with Crippen LogP contribution < -0.4 is 0 Å². The van der Waals surface area contributed by atoms with Gasteiger partial charge >= 0.3 is 0 Å². The summed E-state index contributed by atoms with van der Waals surface area (Å²) in [6.45, 7) is 0. The highest BCUT2D eigenvalue weighted by atomic mass is 127. The second kappa shape index (κ2) is 3.91. The van der Waals surface area contributed by atoms with Gasteiger partial charge in [-0.15, -0.1) is 0 Å². The van der Waals surface area contributed by atoms with Gasteiger partial charge in [0, 0.05) is 9.13 Å². The number of H-pyrrole nitrogens is 1. The van der Waals surface area contributed by atoms with Gasteiger partial charge in [0.15, 0.2) is 6.29 Å². The van der Waals surface area contributed by atoms with Gasteiger partial charge in [0.05, 0.1) is 11.9 Å². The lowest BCUT2D eigenvalue weighted by Gasteiger charge is -1.98. The van der Waals surface area contributed by atoms with Crippen molar-refractivity contribution in [3.63, 3.8) is 0 Å². The standard InChI is InChI=1S/C10H7IN2O/c11-9-4-2-1-3-8(9)10-12-5-7(6-14)13-10/h1-6H,(H,12,13). The fourth-order valence-corrected chi connectivity index (χ4v) is 1.83. The van der Waals surface area contributed by atoms with Crippen LogP contribution in [0.25, 0.3) is 11.4 Å². The van der Waals surface area contributed by atoms with Crippen LogP contribution in [0.2, 0.25) is 0 Å². The molecule has 0 fully saturated rings. The van der Waals surface area contributed by atoms with Crippen LogP contribution in [0, 0.1) is 3.57 Å². The predicted molar refractivity (Wildman–Crippen MR) is 62.1 cm³/mol. The number of rotatable bonds is 2. The minimum atomic E-state index is 0.500. The van der Waals surface area contributed by atoms with E-state index in [2.05, 4.69) is 32.6 Å². The Bertz CT molecular complexity index is 465. The number of halogens is 1. The van der Waals surface area contributed by atoms with Crippen molar-refractivity contribution in [1.29, 1.82) is 0 Å². The first-order valence-electron chi connectivity index (χ1n) is 4.06. The summed E-state index contributed by atoms with van der Waals surface area (Å²) >= 11 is 2.24. The molecule has 0 amide bonds. The number of aromatic nitrogens is 2. The second-order valence-electron chi connectivity index (χ2n) is 2.78. The largest absolute Gasteiger partial charge is 0.336 e. The molecule has 3 nitrogen and oxygen atoms in total. The Morgan fingerprint density at radius 3 is 2.79 bits per heavy atom. The van der Waals surface area contributed by atoms with E-state index in [0.717, 1.165) is 21.2 Å². The summed E-state index contributed by atoms with van der Waals surface area (Å²) in [6, 6.07) is 7.88. The quantitative estimate of drug-likeness (QED) is 0.684. The molecule has 1 heterocycles. The molecule has 1 aromatic heterocycles. The Morgan fingerprint density at radius 2 is 2.14 bits per heavy atom. The Labute approximate surface area is 94.7 Å². The Hall–Kier alpha value is -1.17. The average Bonchev–Trinajstić information content (AvgIpc) is 2.67. The van der Waals surface area contributed by atoms with Gasteiger partial charge in [0.1, 0.15) is 5.82 Å². The van der Waals surface area contributed by atoms with Crippen LogP contribution in [0.5, 0.6) is 0 Å². The maximum Gasteiger partial charge on any atom is 0.167 e. The van der Waals surface area contributed by atoms with Crippen molar-refractivity contribution < 1.29 is 4.79 Å². The minimum absolute atomic E-state index is 0.500. The van der Waals surface area contributed by atoms with Crippen LogP contribution in [0.1, 0.15) is 10.5 Å². The highest BCUT2D eigenvalue weighted by Gasteiger charge is 2.05. The summed E-state index contributed by atoms with van der Waals surface area (Å²) in [7, 11) is 0. The van der Waals surface area contributed by atoms with E-state index >= 15 is 0 Å². The number of hydrogen-bond acceptors (Lipinski definition) is 2. The second-order valence-corrected chi connectivity index (χ2v) is 3.95. The number of benzene rings is 1. The molecular formula is C10H7IN2O. The van der Waals surface area contributed by atoms with E-state index in [1.807, 2.05) is 24.3 Å². The summed E-state index contributed by atoms with van der Waals surface area (Å²) < 4.78 is 1.11. The zero-order valence-electron chi connectivity index (χ0n) is 7.20. The predicted octanol–water partition coefficient (Wildman–Crippen LogP) is 2.49. The molecule has 0 bridgehead atoms. The zero-order chi connectivity index (χ0) is 9.97. The molecular weight excluding hydrogens is 291 g/mol. The molecule has 1 N–H and O–H groups in total. The van der Waals surface area contributed by atoms with Gasteiger partial charge in [-0.05, 0) is 28.7 Å². The molecule has 0 unspecified atom stereocenters. The van der Waals surface area contributed by atoms with Gasteiger partial charge in [-0.25, -0.2) is 4.98 Å². The van der Waals surface area contributed by atoms with Gasteiger partial charge in [0.25, 0.3) is 0 Å². The van der Waals surface area contributed by atoms with Crippen molar-refractivity contribution in [2.24, 2.45) is 0 Å². The number of nitrogens with one attached hydrogen (secondary N) is 1. The molecule has 0 spiro atoms. The highest BCUT2D eigenvalue weighted by molar-refractivity contribution is 14.1. The fraction of sp³-hybridized carbons (Fsp3) is 0. The van der Waals surface area contributed by atoms with Crippen molar-refractivity contribution >= 4 is 28.9 Å². The third-order valence-corrected chi connectivity index (χ3v) is 2.79. The van der Waals surface area contributed by atoms with E-state index in [1.165, 1.54) is 6.20 Å². The normalized spacial score (nSPS) is 10.1. The van der Waals surface area contributed by atoms with E-state index in [1.54, 1.807) is 0 Å². The van der Waals surface area contributed by atoms with Crippen molar-refractivity contribution in [2.75, 3.05) is 0 Å². The fourth-order valence-electron chi connectivity index (χ4n) is 1.19. The molecule has 2 aromatic rings. The first kappa shape index (κ1) is 9.39. The Balaban J connectivity index is 2.49. The number of carbonyl (C=O) groups is 1. The molecule has 0 aliphatic carbocycles. The first-order valence-corrected chi connectivity index (χ1v) is 5.14. The Morgan fingerprint density at radius 1 is 1.36 bits per heavy atom. The van der Waals surface area contributed by atoms with Crippen LogP contribution in [0.15, 0.2) is 30.5 Å². The number of carbonyl (C=O) groups excluding carboxylic acids is 1. The van der Waals surface area contributed by atoms with Crippen LogP contribution in [-0.2, 0) is 0 Å². The van der Waals surface area contributed by atoms with Crippen LogP contribution in [0.3, 0.4) is 0 Å². The van der Waals surface area contributed by atoms with Crippen LogP contribution in [-0.4, -0.2) is 16.3 Å². The summed E-state index contributed by atoms with van der Waals surface area (Å²) in [5.41, 5.74) is 1.51. The van der Waals surface area contributed by atoms with E-state index in [9.17, 15) is 4.79 Å². The molecule has 0 atom stereocenters. The molecule has 4 heteroatoms. The molecule has 2 rings (SSSR count). The van der Waals surface area contributed by atoms with Gasteiger partial charge in [0.2, 0.25) is 0 Å². The van der Waals surface area contributed by atoms with Crippen molar-refractivity contribution in [1.82, 2.24) is 9.97 Å². The number of aldehydes is 1. The summed E-state index contributed by atoms with van der Waals surface area (Å²) in [5.74, 6) is 0.733. The highest BCUT2D eigenvalue weighted by Crippen LogP contribution is 2.21. The molecule has 0 saturated heterocycles. The number of nitrogens with zero attached hydrogens (tertiary/aromatic N) is 1. The van der Waals surface area contributed by atoms with E-state index in [4.69, 9.17) is 0 Å². The number of aromatic amines is 1. The van der Waals surface area contributed by atoms with Crippen LogP contribution >= 0.6 is 22.6 Å². The molecule has 0 saturated carbocycles. The van der Waals surface area contributed by atoms with Gasteiger partial charge in [-0.1, -0.05) is 18.2 Å². The molecule has 70 valence electrons. The summed E-state index contributed by atoms with van der Waals surface area (Å²) in [6.07, 6.45) is 2.29. The molecule has 0 aliphatic heterocycles. The van der Waals surface area contributed by atoms with Crippen molar-refractivity contribution in [3.05, 3.63) is 39.7 Å². The number of imidazole rings is 1. The Kier molecular flexibility index (Phi) is 2.62. The monoisotopic (exact) mass is 298 g/mol. The molecule has 14 heavy (non-hydrogen) atoms. The van der Waals surface area contributed by atoms with E-state index in [-0.39, 0.29) is 0 Å². The topological polar surface area (TPSA) is 45.8 Å². The lowest BCUT2D eigenvalue weighted by atomic mass is 10.2. The molecule has 0 aliphatic rings.